The van der Waals surface area contributed by atoms with Crippen LogP contribution in [-0.4, -0.2) is 23.1 Å². The molecule has 1 aliphatic rings. The van der Waals surface area contributed by atoms with Crippen LogP contribution < -0.4 is 10.6 Å². The van der Waals surface area contributed by atoms with Gasteiger partial charge in [0.05, 0.1) is 0 Å². The van der Waals surface area contributed by atoms with Gasteiger partial charge in [0.25, 0.3) is 0 Å². The maximum Gasteiger partial charge on any atom is 0.133 e. The van der Waals surface area contributed by atoms with Crippen LogP contribution in [0.5, 0.6) is 0 Å². The Labute approximate surface area is 116 Å². The smallest absolute Gasteiger partial charge is 0.133 e. The summed E-state index contributed by atoms with van der Waals surface area (Å²) in [6.45, 7) is 2.16. The molecule has 0 radical (unpaired) electrons. The summed E-state index contributed by atoms with van der Waals surface area (Å²) in [6.07, 6.45) is 9.98. The molecule has 0 saturated heterocycles. The van der Waals surface area contributed by atoms with Crippen LogP contribution in [0, 0.1) is 0 Å². The van der Waals surface area contributed by atoms with Crippen LogP contribution in [0.15, 0.2) is 6.07 Å². The lowest BCUT2D eigenvalue weighted by Crippen LogP contribution is -2.19. The van der Waals surface area contributed by atoms with Crippen molar-refractivity contribution >= 4 is 11.6 Å². The van der Waals surface area contributed by atoms with Crippen molar-refractivity contribution in [2.24, 2.45) is 0 Å². The fourth-order valence-electron chi connectivity index (χ4n) is 2.67. The first-order chi connectivity index (χ1) is 9.31. The van der Waals surface area contributed by atoms with Crippen molar-refractivity contribution in [1.82, 2.24) is 9.97 Å². The molecule has 4 nitrogen and oxygen atoms in total. The molecule has 1 aromatic rings. The molecule has 0 aliphatic heterocycles. The van der Waals surface area contributed by atoms with E-state index in [0.717, 1.165) is 30.3 Å². The third-order valence-electron chi connectivity index (χ3n) is 3.71. The van der Waals surface area contributed by atoms with E-state index >= 15 is 0 Å². The van der Waals surface area contributed by atoms with E-state index in [1.54, 1.807) is 0 Å². The summed E-state index contributed by atoms with van der Waals surface area (Å²) in [7, 11) is 1.91. The molecule has 0 bridgehead atoms. The largest absolute Gasteiger partial charge is 0.373 e. The van der Waals surface area contributed by atoms with Crippen molar-refractivity contribution in [3.05, 3.63) is 11.9 Å². The average molecular weight is 262 g/mol. The Bertz CT molecular complexity index is 384. The normalized spacial score (nSPS) is 16.9. The highest BCUT2D eigenvalue weighted by atomic mass is 15.1. The van der Waals surface area contributed by atoms with E-state index in [4.69, 9.17) is 0 Å². The first kappa shape index (κ1) is 14.1. The molecule has 0 amide bonds. The molecule has 4 heteroatoms. The van der Waals surface area contributed by atoms with Crippen LogP contribution in [-0.2, 0) is 6.42 Å². The van der Waals surface area contributed by atoms with Crippen LogP contribution in [0.2, 0.25) is 0 Å². The second-order valence-corrected chi connectivity index (χ2v) is 5.39. The van der Waals surface area contributed by atoms with Crippen LogP contribution in [0.25, 0.3) is 0 Å². The zero-order valence-corrected chi connectivity index (χ0v) is 12.2. The number of nitrogens with one attached hydrogen (secondary N) is 2. The van der Waals surface area contributed by atoms with Gasteiger partial charge in [0.2, 0.25) is 0 Å². The minimum Gasteiger partial charge on any atom is -0.373 e. The molecule has 2 rings (SSSR count). The van der Waals surface area contributed by atoms with Crippen LogP contribution in [0.3, 0.4) is 0 Å². The Kier molecular flexibility index (Phi) is 5.43. The zero-order valence-electron chi connectivity index (χ0n) is 12.2. The van der Waals surface area contributed by atoms with Gasteiger partial charge < -0.3 is 10.6 Å². The quantitative estimate of drug-likeness (QED) is 0.796. The first-order valence-electron chi connectivity index (χ1n) is 7.64. The van der Waals surface area contributed by atoms with Gasteiger partial charge in [0, 0.05) is 25.6 Å². The highest BCUT2D eigenvalue weighted by Crippen LogP contribution is 2.21. The molecule has 0 unspecified atom stereocenters. The lowest BCUT2D eigenvalue weighted by atomic mass is 10.1. The molecule has 19 heavy (non-hydrogen) atoms. The van der Waals surface area contributed by atoms with E-state index in [1.165, 1.54) is 38.5 Å². The topological polar surface area (TPSA) is 49.8 Å². The Hall–Kier alpha value is -1.32. The summed E-state index contributed by atoms with van der Waals surface area (Å²) in [5, 5.41) is 6.73. The molecule has 2 N–H and O–H groups in total. The third-order valence-corrected chi connectivity index (χ3v) is 3.71. The van der Waals surface area contributed by atoms with Gasteiger partial charge in [-0.05, 0) is 19.3 Å². The maximum atomic E-state index is 4.63. The monoisotopic (exact) mass is 262 g/mol. The van der Waals surface area contributed by atoms with E-state index in [1.807, 2.05) is 13.1 Å². The van der Waals surface area contributed by atoms with Gasteiger partial charge >= 0.3 is 0 Å². The molecule has 106 valence electrons. The number of hydrogen-bond donors (Lipinski definition) is 2. The van der Waals surface area contributed by atoms with Gasteiger partial charge in [-0.25, -0.2) is 9.97 Å². The third kappa shape index (κ3) is 4.37. The summed E-state index contributed by atoms with van der Waals surface area (Å²) in [4.78, 5) is 9.12. The Morgan fingerprint density at radius 3 is 2.42 bits per heavy atom. The van der Waals surface area contributed by atoms with Gasteiger partial charge in [0.15, 0.2) is 0 Å². The Morgan fingerprint density at radius 2 is 1.79 bits per heavy atom. The molecule has 1 heterocycles. The van der Waals surface area contributed by atoms with E-state index in [9.17, 15) is 0 Å². The average Bonchev–Trinajstić information content (AvgIpc) is 2.67. The highest BCUT2D eigenvalue weighted by Gasteiger charge is 2.13. The summed E-state index contributed by atoms with van der Waals surface area (Å²) >= 11 is 0. The van der Waals surface area contributed by atoms with Crippen LogP contribution in [0.1, 0.15) is 57.7 Å². The number of nitrogens with zero attached hydrogens (tertiary/aromatic N) is 2. The van der Waals surface area contributed by atoms with Gasteiger partial charge in [-0.1, -0.05) is 32.6 Å². The molecule has 0 spiro atoms. The van der Waals surface area contributed by atoms with Crippen molar-refractivity contribution in [3.8, 4) is 0 Å². The zero-order chi connectivity index (χ0) is 13.5. The van der Waals surface area contributed by atoms with Gasteiger partial charge in [-0.2, -0.15) is 0 Å². The van der Waals surface area contributed by atoms with Crippen molar-refractivity contribution in [2.75, 3.05) is 17.7 Å². The second-order valence-electron chi connectivity index (χ2n) is 5.39. The maximum absolute atomic E-state index is 4.63. The van der Waals surface area contributed by atoms with Crippen molar-refractivity contribution in [2.45, 2.75) is 64.3 Å². The summed E-state index contributed by atoms with van der Waals surface area (Å²) < 4.78 is 0. The number of anilines is 2. The number of hydrogen-bond acceptors (Lipinski definition) is 4. The van der Waals surface area contributed by atoms with Gasteiger partial charge in [-0.3, -0.25) is 0 Å². The standard InChI is InChI=1S/C15H26N4/c1-3-8-13-18-14(16-2)11-15(19-13)17-12-9-6-4-5-7-10-12/h11-12H,3-10H2,1-2H3,(H2,16,17,18,19). The molecule has 1 saturated carbocycles. The van der Waals surface area contributed by atoms with Crippen LogP contribution >= 0.6 is 0 Å². The molecule has 1 aliphatic carbocycles. The van der Waals surface area contributed by atoms with Crippen molar-refractivity contribution in [3.63, 3.8) is 0 Å². The number of aryl methyl sites for hydroxylation is 1. The second kappa shape index (κ2) is 7.31. The lowest BCUT2D eigenvalue weighted by molar-refractivity contribution is 0.616. The predicted molar refractivity (Wildman–Crippen MR) is 80.7 cm³/mol. The van der Waals surface area contributed by atoms with E-state index in [0.29, 0.717) is 6.04 Å². The number of aromatic nitrogens is 2. The highest BCUT2D eigenvalue weighted by molar-refractivity contribution is 5.47. The molecule has 0 aromatic carbocycles. The van der Waals surface area contributed by atoms with Gasteiger partial charge in [0.1, 0.15) is 17.5 Å². The van der Waals surface area contributed by atoms with Gasteiger partial charge in [-0.15, -0.1) is 0 Å². The summed E-state index contributed by atoms with van der Waals surface area (Å²) in [6, 6.07) is 2.60. The Balaban J connectivity index is 2.06. The summed E-state index contributed by atoms with van der Waals surface area (Å²) in [5.41, 5.74) is 0. The summed E-state index contributed by atoms with van der Waals surface area (Å²) in [5.74, 6) is 2.83. The minimum atomic E-state index is 0.580. The molecule has 1 fully saturated rings. The molecular weight excluding hydrogens is 236 g/mol. The Morgan fingerprint density at radius 1 is 1.11 bits per heavy atom. The van der Waals surface area contributed by atoms with Crippen LogP contribution in [0.4, 0.5) is 11.6 Å². The van der Waals surface area contributed by atoms with Crippen molar-refractivity contribution in [1.29, 1.82) is 0 Å². The van der Waals surface area contributed by atoms with E-state index in [2.05, 4.69) is 27.5 Å². The lowest BCUT2D eigenvalue weighted by Gasteiger charge is -2.18. The molecular formula is C15H26N4. The fraction of sp³-hybridized carbons (Fsp3) is 0.733. The minimum absolute atomic E-state index is 0.580. The van der Waals surface area contributed by atoms with E-state index in [-0.39, 0.29) is 0 Å². The first-order valence-corrected chi connectivity index (χ1v) is 7.64. The van der Waals surface area contributed by atoms with Crippen molar-refractivity contribution < 1.29 is 0 Å². The SMILES string of the molecule is CCCc1nc(NC)cc(NC2CCCCCC2)n1. The number of rotatable bonds is 5. The van der Waals surface area contributed by atoms with E-state index < -0.39 is 0 Å². The molecule has 0 atom stereocenters. The fourth-order valence-corrected chi connectivity index (χ4v) is 2.67. The molecule has 1 aromatic heterocycles. The predicted octanol–water partition coefficient (Wildman–Crippen LogP) is 3.61.